The van der Waals surface area contributed by atoms with Crippen LogP contribution in [0.4, 0.5) is 10.1 Å². The number of esters is 1. The summed E-state index contributed by atoms with van der Waals surface area (Å²) in [7, 11) is 0. The van der Waals surface area contributed by atoms with Crippen LogP contribution in [0, 0.1) is 5.82 Å². The SMILES string of the molecule is C[C@@H](OC(=O)[C@H]1CC(=O)Nc2cc(F)ccc21)c1nnc(-c2ccccc2)o1. The average Bonchev–Trinajstić information content (AvgIpc) is 3.18. The van der Waals surface area contributed by atoms with Crippen molar-refractivity contribution in [3.05, 3.63) is 65.8 Å². The van der Waals surface area contributed by atoms with E-state index in [2.05, 4.69) is 15.5 Å². The van der Waals surface area contributed by atoms with Crippen LogP contribution in [0.5, 0.6) is 0 Å². The Kier molecular flexibility index (Phi) is 4.60. The van der Waals surface area contributed by atoms with Gasteiger partial charge in [0.2, 0.25) is 11.8 Å². The molecule has 0 bridgehead atoms. The van der Waals surface area contributed by atoms with Crippen LogP contribution >= 0.6 is 0 Å². The highest BCUT2D eigenvalue weighted by Crippen LogP contribution is 2.35. The monoisotopic (exact) mass is 381 g/mol. The quantitative estimate of drug-likeness (QED) is 0.694. The Morgan fingerprint density at radius 1 is 1.25 bits per heavy atom. The fraction of sp³-hybridized carbons (Fsp3) is 0.200. The van der Waals surface area contributed by atoms with Gasteiger partial charge in [0.1, 0.15) is 5.82 Å². The number of nitrogens with one attached hydrogen (secondary N) is 1. The minimum atomic E-state index is -0.830. The zero-order valence-electron chi connectivity index (χ0n) is 14.9. The first-order chi connectivity index (χ1) is 13.5. The number of aromatic nitrogens is 2. The minimum absolute atomic E-state index is 0.0801. The van der Waals surface area contributed by atoms with Gasteiger partial charge in [-0.2, -0.15) is 0 Å². The molecule has 3 aromatic rings. The highest BCUT2D eigenvalue weighted by molar-refractivity contribution is 6.00. The summed E-state index contributed by atoms with van der Waals surface area (Å²) in [5, 5.41) is 10.5. The lowest BCUT2D eigenvalue weighted by Crippen LogP contribution is -2.29. The Hall–Kier alpha value is -3.55. The summed E-state index contributed by atoms with van der Waals surface area (Å²) in [5.41, 5.74) is 1.53. The molecule has 7 nitrogen and oxygen atoms in total. The van der Waals surface area contributed by atoms with Crippen molar-refractivity contribution in [1.29, 1.82) is 0 Å². The molecule has 4 rings (SSSR count). The highest BCUT2D eigenvalue weighted by Gasteiger charge is 2.33. The third-order valence-electron chi connectivity index (χ3n) is 4.44. The van der Waals surface area contributed by atoms with Crippen molar-refractivity contribution in [2.45, 2.75) is 25.4 Å². The largest absolute Gasteiger partial charge is 0.452 e. The molecule has 28 heavy (non-hydrogen) atoms. The van der Waals surface area contributed by atoms with Crippen LogP contribution in [0.2, 0.25) is 0 Å². The number of nitrogens with zero attached hydrogens (tertiary/aromatic N) is 2. The molecule has 8 heteroatoms. The molecule has 1 aliphatic heterocycles. The number of amides is 1. The van der Waals surface area contributed by atoms with Crippen molar-refractivity contribution in [2.75, 3.05) is 5.32 Å². The van der Waals surface area contributed by atoms with E-state index < -0.39 is 23.8 Å². The van der Waals surface area contributed by atoms with Gasteiger partial charge >= 0.3 is 5.97 Å². The summed E-state index contributed by atoms with van der Waals surface area (Å²) in [5.74, 6) is -1.86. The smallest absolute Gasteiger partial charge is 0.314 e. The zero-order chi connectivity index (χ0) is 19.7. The molecule has 0 fully saturated rings. The number of hydrogen-bond acceptors (Lipinski definition) is 6. The fourth-order valence-corrected chi connectivity index (χ4v) is 3.05. The molecule has 1 aliphatic rings. The summed E-state index contributed by atoms with van der Waals surface area (Å²) in [6.07, 6.45) is -0.880. The number of halogens is 1. The molecule has 1 N–H and O–H groups in total. The maximum Gasteiger partial charge on any atom is 0.314 e. The number of fused-ring (bicyclic) bond motifs is 1. The first kappa shape index (κ1) is 17.8. The second kappa shape index (κ2) is 7.22. The Labute approximate surface area is 159 Å². The van der Waals surface area contributed by atoms with Gasteiger partial charge in [0.05, 0.1) is 5.92 Å². The van der Waals surface area contributed by atoms with Crippen molar-refractivity contribution in [2.24, 2.45) is 0 Å². The van der Waals surface area contributed by atoms with Crippen LogP contribution in [0.3, 0.4) is 0 Å². The molecule has 0 unspecified atom stereocenters. The van der Waals surface area contributed by atoms with Gasteiger partial charge in [-0.05, 0) is 36.8 Å². The van der Waals surface area contributed by atoms with Crippen molar-refractivity contribution in [1.82, 2.24) is 10.2 Å². The van der Waals surface area contributed by atoms with E-state index in [1.54, 1.807) is 6.92 Å². The van der Waals surface area contributed by atoms with Crippen molar-refractivity contribution < 1.29 is 23.1 Å². The molecule has 0 spiro atoms. The van der Waals surface area contributed by atoms with Gasteiger partial charge in [-0.15, -0.1) is 10.2 Å². The lowest BCUT2D eigenvalue weighted by atomic mass is 9.90. The number of hydrogen-bond donors (Lipinski definition) is 1. The molecule has 0 radical (unpaired) electrons. The molecular weight excluding hydrogens is 365 g/mol. The molecule has 1 amide bonds. The van der Waals surface area contributed by atoms with Gasteiger partial charge in [0, 0.05) is 17.7 Å². The Morgan fingerprint density at radius 2 is 2.04 bits per heavy atom. The topological polar surface area (TPSA) is 94.3 Å². The maximum absolute atomic E-state index is 13.4. The van der Waals surface area contributed by atoms with E-state index in [0.717, 1.165) is 5.56 Å². The van der Waals surface area contributed by atoms with E-state index in [1.807, 2.05) is 30.3 Å². The van der Waals surface area contributed by atoms with Gasteiger partial charge < -0.3 is 14.5 Å². The van der Waals surface area contributed by atoms with Gasteiger partial charge in [0.25, 0.3) is 5.89 Å². The van der Waals surface area contributed by atoms with Gasteiger partial charge in [-0.1, -0.05) is 24.3 Å². The normalized spacial score (nSPS) is 16.8. The summed E-state index contributed by atoms with van der Waals surface area (Å²) in [6, 6.07) is 13.1. The van der Waals surface area contributed by atoms with Crippen molar-refractivity contribution in [3.63, 3.8) is 0 Å². The number of ether oxygens (including phenoxy) is 1. The third kappa shape index (κ3) is 3.48. The average molecular weight is 381 g/mol. The number of carbonyl (C=O) groups is 2. The number of benzene rings is 2. The van der Waals surface area contributed by atoms with E-state index in [0.29, 0.717) is 11.5 Å². The molecule has 0 saturated heterocycles. The molecule has 2 heterocycles. The van der Waals surface area contributed by atoms with E-state index in [4.69, 9.17) is 9.15 Å². The highest BCUT2D eigenvalue weighted by atomic mass is 19.1. The molecule has 142 valence electrons. The Morgan fingerprint density at radius 3 is 2.82 bits per heavy atom. The molecule has 1 aromatic heterocycles. The van der Waals surface area contributed by atoms with Crippen LogP contribution < -0.4 is 5.32 Å². The molecule has 2 atom stereocenters. The summed E-state index contributed by atoms with van der Waals surface area (Å²) in [4.78, 5) is 24.6. The standard InChI is InChI=1S/C20H16FN3O4/c1-11(18-23-24-19(28-18)12-5-3-2-4-6-12)27-20(26)15-10-17(25)22-16-9-13(21)7-8-14(15)16/h2-9,11,15H,10H2,1H3,(H,22,25)/t11-,15+/m1/s1. The summed E-state index contributed by atoms with van der Waals surface area (Å²) in [6.45, 7) is 1.61. The lowest BCUT2D eigenvalue weighted by molar-refractivity contribution is -0.152. The zero-order valence-corrected chi connectivity index (χ0v) is 14.9. The first-order valence-electron chi connectivity index (χ1n) is 8.70. The Bertz CT molecular complexity index is 1030. The van der Waals surface area contributed by atoms with Gasteiger partial charge in [-0.25, -0.2) is 4.39 Å². The number of carbonyl (C=O) groups excluding carboxylic acids is 2. The van der Waals surface area contributed by atoms with Gasteiger partial charge in [0.15, 0.2) is 6.10 Å². The number of rotatable bonds is 4. The molecule has 0 aliphatic carbocycles. The van der Waals surface area contributed by atoms with Crippen LogP contribution in [-0.2, 0) is 14.3 Å². The van der Waals surface area contributed by atoms with E-state index in [1.165, 1.54) is 18.2 Å². The van der Waals surface area contributed by atoms with Gasteiger partial charge in [-0.3, -0.25) is 9.59 Å². The number of anilines is 1. The predicted molar refractivity (Wildman–Crippen MR) is 96.6 cm³/mol. The second-order valence-corrected chi connectivity index (χ2v) is 6.43. The van der Waals surface area contributed by atoms with E-state index in [-0.39, 0.29) is 23.9 Å². The summed E-state index contributed by atoms with van der Waals surface area (Å²) < 4.78 is 24.5. The van der Waals surface area contributed by atoms with Crippen LogP contribution in [0.15, 0.2) is 52.9 Å². The first-order valence-corrected chi connectivity index (χ1v) is 8.70. The molecule has 0 saturated carbocycles. The minimum Gasteiger partial charge on any atom is -0.452 e. The Balaban J connectivity index is 1.51. The third-order valence-corrected chi connectivity index (χ3v) is 4.44. The van der Waals surface area contributed by atoms with Crippen LogP contribution in [-0.4, -0.2) is 22.1 Å². The van der Waals surface area contributed by atoms with Crippen LogP contribution in [0.25, 0.3) is 11.5 Å². The van der Waals surface area contributed by atoms with E-state index >= 15 is 0 Å². The summed E-state index contributed by atoms with van der Waals surface area (Å²) >= 11 is 0. The molecular formula is C20H16FN3O4. The molecule has 2 aromatic carbocycles. The van der Waals surface area contributed by atoms with Crippen molar-refractivity contribution >= 4 is 17.6 Å². The second-order valence-electron chi connectivity index (χ2n) is 6.43. The fourth-order valence-electron chi connectivity index (χ4n) is 3.05. The maximum atomic E-state index is 13.4. The lowest BCUT2D eigenvalue weighted by Gasteiger charge is -2.25. The van der Waals surface area contributed by atoms with E-state index in [9.17, 15) is 14.0 Å². The van der Waals surface area contributed by atoms with Crippen LogP contribution in [0.1, 0.15) is 36.8 Å². The van der Waals surface area contributed by atoms with Crippen molar-refractivity contribution in [3.8, 4) is 11.5 Å². The predicted octanol–water partition coefficient (Wildman–Crippen LogP) is 3.61.